The van der Waals surface area contributed by atoms with Gasteiger partial charge in [0.25, 0.3) is 0 Å². The van der Waals surface area contributed by atoms with Crippen molar-refractivity contribution < 1.29 is 4.39 Å². The first-order valence-electron chi connectivity index (χ1n) is 6.99. The van der Waals surface area contributed by atoms with Gasteiger partial charge in [0.1, 0.15) is 12.1 Å². The van der Waals surface area contributed by atoms with Gasteiger partial charge in [0.15, 0.2) is 5.82 Å². The van der Waals surface area contributed by atoms with Crippen LogP contribution in [0.5, 0.6) is 0 Å². The Hall–Kier alpha value is -2.28. The van der Waals surface area contributed by atoms with Crippen molar-refractivity contribution in [2.75, 3.05) is 31.1 Å². The van der Waals surface area contributed by atoms with Crippen LogP contribution in [0.25, 0.3) is 16.7 Å². The maximum absolute atomic E-state index is 13.8. The van der Waals surface area contributed by atoms with Crippen LogP contribution in [-0.4, -0.2) is 45.8 Å². The zero-order valence-electron chi connectivity index (χ0n) is 11.7. The van der Waals surface area contributed by atoms with E-state index in [1.165, 1.54) is 6.07 Å². The summed E-state index contributed by atoms with van der Waals surface area (Å²) in [7, 11) is 0. The highest BCUT2D eigenvalue weighted by molar-refractivity contribution is 5.83. The highest BCUT2D eigenvalue weighted by Crippen LogP contribution is 2.25. The fourth-order valence-corrected chi connectivity index (χ4v) is 2.75. The van der Waals surface area contributed by atoms with E-state index in [2.05, 4.69) is 20.4 Å². The topological polar surface area (TPSA) is 58.4 Å². The lowest BCUT2D eigenvalue weighted by molar-refractivity contribution is 0.586. The molecule has 3 aromatic rings. The van der Waals surface area contributed by atoms with Gasteiger partial charge in [-0.3, -0.25) is 4.40 Å². The van der Waals surface area contributed by atoms with E-state index in [1.807, 2.05) is 4.40 Å². The number of fused-ring (bicyclic) bond motifs is 3. The number of benzene rings is 1. The minimum atomic E-state index is -0.241. The molecule has 1 aromatic carbocycles. The zero-order chi connectivity index (χ0) is 14.4. The Kier molecular flexibility index (Phi) is 2.75. The minimum Gasteiger partial charge on any atom is -0.351 e. The van der Waals surface area contributed by atoms with Crippen molar-refractivity contribution in [2.24, 2.45) is 0 Å². The number of aromatic nitrogens is 4. The number of nitrogens with zero attached hydrogens (tertiary/aromatic N) is 5. The largest absolute Gasteiger partial charge is 0.351 e. The predicted molar refractivity (Wildman–Crippen MR) is 78.1 cm³/mol. The third kappa shape index (κ3) is 1.92. The van der Waals surface area contributed by atoms with E-state index < -0.39 is 0 Å². The van der Waals surface area contributed by atoms with Gasteiger partial charge in [0.05, 0.1) is 11.0 Å². The van der Waals surface area contributed by atoms with Crippen molar-refractivity contribution in [2.45, 2.75) is 6.92 Å². The Balaban J connectivity index is 2.00. The first kappa shape index (κ1) is 12.5. The van der Waals surface area contributed by atoms with Crippen LogP contribution < -0.4 is 10.2 Å². The summed E-state index contributed by atoms with van der Waals surface area (Å²) in [6.07, 6.45) is 1.61. The van der Waals surface area contributed by atoms with Crippen molar-refractivity contribution in [1.29, 1.82) is 0 Å². The van der Waals surface area contributed by atoms with E-state index in [9.17, 15) is 4.39 Å². The first-order chi connectivity index (χ1) is 10.2. The monoisotopic (exact) mass is 286 g/mol. The number of aryl methyl sites for hydroxylation is 1. The first-order valence-corrected chi connectivity index (χ1v) is 6.99. The van der Waals surface area contributed by atoms with Gasteiger partial charge in [-0.1, -0.05) is 0 Å². The van der Waals surface area contributed by atoms with E-state index in [0.717, 1.165) is 37.5 Å². The molecule has 1 aliphatic heterocycles. The van der Waals surface area contributed by atoms with Crippen molar-refractivity contribution in [3.63, 3.8) is 0 Å². The van der Waals surface area contributed by atoms with Gasteiger partial charge in [-0.05, 0) is 18.6 Å². The number of nitrogens with one attached hydrogen (secondary N) is 1. The molecule has 0 amide bonds. The number of halogens is 1. The summed E-state index contributed by atoms with van der Waals surface area (Å²) in [6, 6.07) is 3.27. The Labute approximate surface area is 120 Å². The second kappa shape index (κ2) is 4.63. The van der Waals surface area contributed by atoms with E-state index in [1.54, 1.807) is 19.3 Å². The maximum Gasteiger partial charge on any atom is 0.204 e. The van der Waals surface area contributed by atoms with Gasteiger partial charge in [0.2, 0.25) is 5.65 Å². The SMILES string of the molecule is Cc1cc2nc(N3CCNCC3)c3nncn3c2cc1F. The molecule has 0 spiro atoms. The van der Waals surface area contributed by atoms with Crippen LogP contribution in [0.4, 0.5) is 10.2 Å². The fraction of sp³-hybridized carbons (Fsp3) is 0.357. The molecule has 0 atom stereocenters. The van der Waals surface area contributed by atoms with Gasteiger partial charge in [-0.2, -0.15) is 0 Å². The van der Waals surface area contributed by atoms with Crippen molar-refractivity contribution in [3.05, 3.63) is 29.8 Å². The highest BCUT2D eigenvalue weighted by atomic mass is 19.1. The lowest BCUT2D eigenvalue weighted by Gasteiger charge is -2.28. The second-order valence-corrected chi connectivity index (χ2v) is 5.29. The summed E-state index contributed by atoms with van der Waals surface area (Å²) in [6.45, 7) is 5.34. The summed E-state index contributed by atoms with van der Waals surface area (Å²) in [5.74, 6) is 0.571. The van der Waals surface area contributed by atoms with Gasteiger partial charge in [0, 0.05) is 32.2 Å². The molecule has 3 heterocycles. The molecular weight excluding hydrogens is 271 g/mol. The Morgan fingerprint density at radius 1 is 1.24 bits per heavy atom. The highest BCUT2D eigenvalue weighted by Gasteiger charge is 2.19. The van der Waals surface area contributed by atoms with Gasteiger partial charge < -0.3 is 10.2 Å². The molecule has 6 nitrogen and oxygen atoms in total. The van der Waals surface area contributed by atoms with Crippen LogP contribution >= 0.6 is 0 Å². The Morgan fingerprint density at radius 3 is 2.86 bits per heavy atom. The second-order valence-electron chi connectivity index (χ2n) is 5.29. The number of hydrogen-bond donors (Lipinski definition) is 1. The molecule has 108 valence electrons. The fourth-order valence-electron chi connectivity index (χ4n) is 2.75. The van der Waals surface area contributed by atoms with Gasteiger partial charge in [-0.15, -0.1) is 10.2 Å². The number of hydrogen-bond acceptors (Lipinski definition) is 5. The maximum atomic E-state index is 13.8. The molecule has 0 unspecified atom stereocenters. The smallest absolute Gasteiger partial charge is 0.204 e. The van der Waals surface area contributed by atoms with Gasteiger partial charge >= 0.3 is 0 Å². The molecule has 4 rings (SSSR count). The molecule has 0 bridgehead atoms. The summed E-state index contributed by atoms with van der Waals surface area (Å²) >= 11 is 0. The number of piperazine rings is 1. The van der Waals surface area contributed by atoms with Crippen LogP contribution in [0, 0.1) is 12.7 Å². The normalized spacial score (nSPS) is 16.0. The van der Waals surface area contributed by atoms with Crippen molar-refractivity contribution >= 4 is 22.5 Å². The molecule has 7 heteroatoms. The van der Waals surface area contributed by atoms with E-state index in [-0.39, 0.29) is 5.82 Å². The lowest BCUT2D eigenvalue weighted by atomic mass is 10.2. The Morgan fingerprint density at radius 2 is 2.05 bits per heavy atom. The van der Waals surface area contributed by atoms with Crippen LogP contribution in [-0.2, 0) is 0 Å². The molecule has 1 fully saturated rings. The molecule has 0 aliphatic carbocycles. The van der Waals surface area contributed by atoms with E-state index in [4.69, 9.17) is 4.98 Å². The zero-order valence-corrected chi connectivity index (χ0v) is 11.7. The van der Waals surface area contributed by atoms with Crippen LogP contribution in [0.1, 0.15) is 5.56 Å². The minimum absolute atomic E-state index is 0.241. The molecule has 1 N–H and O–H groups in total. The number of rotatable bonds is 1. The molecule has 1 aliphatic rings. The average Bonchev–Trinajstić information content (AvgIpc) is 2.99. The summed E-state index contributed by atoms with van der Waals surface area (Å²) in [4.78, 5) is 6.90. The van der Waals surface area contributed by atoms with Crippen LogP contribution in [0.3, 0.4) is 0 Å². The average molecular weight is 286 g/mol. The quantitative estimate of drug-likeness (QED) is 0.727. The predicted octanol–water partition coefficient (Wildman–Crippen LogP) is 1.13. The lowest BCUT2D eigenvalue weighted by Crippen LogP contribution is -2.44. The molecule has 0 radical (unpaired) electrons. The van der Waals surface area contributed by atoms with Crippen LogP contribution in [0.2, 0.25) is 0 Å². The Bertz CT molecular complexity index is 821. The molecule has 1 saturated heterocycles. The van der Waals surface area contributed by atoms with E-state index >= 15 is 0 Å². The third-order valence-corrected chi connectivity index (χ3v) is 3.91. The van der Waals surface area contributed by atoms with Crippen molar-refractivity contribution in [1.82, 2.24) is 24.9 Å². The third-order valence-electron chi connectivity index (χ3n) is 3.91. The molecule has 0 saturated carbocycles. The molecule has 2 aromatic heterocycles. The van der Waals surface area contributed by atoms with Crippen LogP contribution in [0.15, 0.2) is 18.5 Å². The van der Waals surface area contributed by atoms with E-state index in [0.29, 0.717) is 16.7 Å². The van der Waals surface area contributed by atoms with Crippen molar-refractivity contribution in [3.8, 4) is 0 Å². The summed E-state index contributed by atoms with van der Waals surface area (Å²) < 4.78 is 15.6. The summed E-state index contributed by atoms with van der Waals surface area (Å²) in [5, 5.41) is 11.4. The number of anilines is 1. The summed E-state index contributed by atoms with van der Waals surface area (Å²) in [5.41, 5.74) is 2.72. The van der Waals surface area contributed by atoms with Gasteiger partial charge in [-0.25, -0.2) is 9.37 Å². The standard InChI is InChI=1S/C14H15FN6/c1-9-6-11-12(7-10(9)15)21-8-17-19-14(21)13(18-11)20-4-2-16-3-5-20/h6-8,16H,2-5H2,1H3. The molecule has 21 heavy (non-hydrogen) atoms. The molecular formula is C14H15FN6.